The van der Waals surface area contributed by atoms with Gasteiger partial charge in [-0.15, -0.1) is 0 Å². The molecule has 0 radical (unpaired) electrons. The molecule has 10 rings (SSSR count). The monoisotopic (exact) mass is 1000 g/mol. The molecule has 0 aromatic heterocycles. The minimum absolute atomic E-state index is 0.000657. The fraction of sp³-hybridized carbons (Fsp3) is 0.959. The number of hydrogen-bond donors (Lipinski definition) is 11. The van der Waals surface area contributed by atoms with Crippen molar-refractivity contribution in [2.75, 3.05) is 33.0 Å². The minimum atomic E-state index is -1.95. The number of aliphatic hydroxyl groups is 11. The maximum atomic E-state index is 11.6. The van der Waals surface area contributed by atoms with E-state index in [4.69, 9.17) is 47.4 Å². The van der Waals surface area contributed by atoms with Crippen molar-refractivity contribution in [3.05, 3.63) is 11.6 Å². The van der Waals surface area contributed by atoms with E-state index >= 15 is 0 Å². The second-order valence-electron chi connectivity index (χ2n) is 23.0. The smallest absolute Gasteiger partial charge is 0.187 e. The molecule has 70 heavy (non-hydrogen) atoms. The third kappa shape index (κ3) is 8.88. The van der Waals surface area contributed by atoms with Crippen molar-refractivity contribution in [3.63, 3.8) is 0 Å². The van der Waals surface area contributed by atoms with Gasteiger partial charge in [0.05, 0.1) is 45.2 Å². The van der Waals surface area contributed by atoms with Gasteiger partial charge >= 0.3 is 0 Å². The number of rotatable bonds is 10. The average molecular weight is 1000 g/mol. The lowest BCUT2D eigenvalue weighted by atomic mass is 9.47. The van der Waals surface area contributed by atoms with Gasteiger partial charge < -0.3 is 104 Å². The highest BCUT2D eigenvalue weighted by molar-refractivity contribution is 5.26. The molecule has 10 aliphatic rings. The summed E-state index contributed by atoms with van der Waals surface area (Å²) in [5.74, 6) is 2.63. The van der Waals surface area contributed by atoms with Crippen molar-refractivity contribution < 1.29 is 104 Å². The fourth-order valence-electron chi connectivity index (χ4n) is 15.0. The molecule has 29 atom stereocenters. The Labute approximate surface area is 407 Å². The van der Waals surface area contributed by atoms with Crippen LogP contribution in [0.1, 0.15) is 85.5 Å². The van der Waals surface area contributed by atoms with E-state index in [-0.39, 0.29) is 29.6 Å². The molecule has 21 heteroatoms. The molecule has 6 heterocycles. The molecule has 0 aromatic rings. The molecule has 0 amide bonds. The predicted octanol–water partition coefficient (Wildman–Crippen LogP) is -1.71. The first kappa shape index (κ1) is 52.3. The third-order valence-electron chi connectivity index (χ3n) is 19.1. The fourth-order valence-corrected chi connectivity index (χ4v) is 15.0. The van der Waals surface area contributed by atoms with Crippen LogP contribution in [-0.4, -0.2) is 218 Å². The second kappa shape index (κ2) is 20.1. The first-order valence-corrected chi connectivity index (χ1v) is 25.8. The van der Waals surface area contributed by atoms with Gasteiger partial charge in [0.15, 0.2) is 30.9 Å². The molecule has 21 nitrogen and oxygen atoms in total. The second-order valence-corrected chi connectivity index (χ2v) is 23.0. The summed E-state index contributed by atoms with van der Waals surface area (Å²) in [6.45, 7) is 7.89. The number of allylic oxidation sites excluding steroid dienone is 1. The standard InChI is InChI=1S/C49H78O21/c1-20-7-12-49(63-17-20)21(2)32-28(70-49)14-26-24-6-5-22-13-23(8-10-47(22,3)25(24)9-11-48(26,32)4)64-43-39(59)35(55)31(19-62-43)67-46-42(69-45-40(60)37(57)34(54)29(15-50)65-45)41(36(56)30(16-51)66-46)68-44-38(58)33(53)27(52)18-61-44/h5,20-21,23-46,50-60H,6-19H2,1-4H3/t20-,21-,23-,24+,25-,26-,27+,28-,29+,30+,31-,32-,33-,34+,35-,36+,37-,38+,39+,40+,41-,42+,43-,44-,45-,46-,47-,48-,49+/m0/s1. The molecule has 4 aliphatic carbocycles. The van der Waals surface area contributed by atoms with E-state index in [1.165, 1.54) is 12.0 Å². The minimum Gasteiger partial charge on any atom is -0.394 e. The summed E-state index contributed by atoms with van der Waals surface area (Å²) in [5.41, 5.74) is 1.56. The van der Waals surface area contributed by atoms with Crippen LogP contribution in [0.25, 0.3) is 0 Å². The Balaban J connectivity index is 0.800. The molecule has 0 aromatic carbocycles. The van der Waals surface area contributed by atoms with Crippen molar-refractivity contribution in [2.24, 2.45) is 46.3 Å². The molecule has 0 bridgehead atoms. The molecule has 3 saturated carbocycles. The van der Waals surface area contributed by atoms with Gasteiger partial charge in [-0.2, -0.15) is 0 Å². The summed E-state index contributed by atoms with van der Waals surface area (Å²) in [6.07, 6.45) is -18.9. The highest BCUT2D eigenvalue weighted by Crippen LogP contribution is 2.70. The molecule has 1 spiro atoms. The lowest BCUT2D eigenvalue weighted by Gasteiger charge is -2.58. The average Bonchev–Trinajstić information content (AvgIpc) is 3.79. The van der Waals surface area contributed by atoms with Gasteiger partial charge in [-0.25, -0.2) is 0 Å². The van der Waals surface area contributed by atoms with Crippen LogP contribution in [-0.2, 0) is 47.4 Å². The zero-order valence-corrected chi connectivity index (χ0v) is 40.5. The van der Waals surface area contributed by atoms with E-state index < -0.39 is 136 Å². The van der Waals surface area contributed by atoms with Gasteiger partial charge in [0.2, 0.25) is 0 Å². The van der Waals surface area contributed by atoms with Crippen molar-refractivity contribution in [3.8, 4) is 0 Å². The predicted molar refractivity (Wildman–Crippen MR) is 236 cm³/mol. The Bertz CT molecular complexity index is 1840. The summed E-state index contributed by atoms with van der Waals surface area (Å²) in [4.78, 5) is 0. The highest BCUT2D eigenvalue weighted by Gasteiger charge is 2.69. The molecule has 9 fully saturated rings. The van der Waals surface area contributed by atoms with Crippen LogP contribution < -0.4 is 0 Å². The summed E-state index contributed by atoms with van der Waals surface area (Å²) in [5, 5.41) is 118. The van der Waals surface area contributed by atoms with Gasteiger partial charge in [-0.3, -0.25) is 0 Å². The zero-order chi connectivity index (χ0) is 49.8. The lowest BCUT2D eigenvalue weighted by Crippen LogP contribution is -2.67. The van der Waals surface area contributed by atoms with Crippen LogP contribution in [0.2, 0.25) is 0 Å². The van der Waals surface area contributed by atoms with Crippen LogP contribution in [0.3, 0.4) is 0 Å². The molecule has 6 aliphatic heterocycles. The van der Waals surface area contributed by atoms with Crippen LogP contribution in [0.4, 0.5) is 0 Å². The summed E-state index contributed by atoms with van der Waals surface area (Å²) in [6, 6.07) is 0. The van der Waals surface area contributed by atoms with E-state index in [9.17, 15) is 56.2 Å². The lowest BCUT2D eigenvalue weighted by molar-refractivity contribution is -0.399. The number of hydrogen-bond acceptors (Lipinski definition) is 21. The van der Waals surface area contributed by atoms with Crippen LogP contribution in [0, 0.1) is 46.3 Å². The van der Waals surface area contributed by atoms with Crippen LogP contribution in [0.5, 0.6) is 0 Å². The maximum Gasteiger partial charge on any atom is 0.187 e. The van der Waals surface area contributed by atoms with Gasteiger partial charge in [-0.05, 0) is 91.8 Å². The van der Waals surface area contributed by atoms with E-state index in [0.29, 0.717) is 41.9 Å². The summed E-state index contributed by atoms with van der Waals surface area (Å²) < 4.78 is 61.1. The van der Waals surface area contributed by atoms with Crippen molar-refractivity contribution in [1.82, 2.24) is 0 Å². The van der Waals surface area contributed by atoms with Gasteiger partial charge in [0.25, 0.3) is 0 Å². The Morgan fingerprint density at radius 3 is 2.03 bits per heavy atom. The maximum absolute atomic E-state index is 11.6. The topological polar surface area (TPSA) is 315 Å². The number of ether oxygens (including phenoxy) is 10. The first-order valence-electron chi connectivity index (χ1n) is 25.8. The highest BCUT2D eigenvalue weighted by atomic mass is 16.8. The van der Waals surface area contributed by atoms with Gasteiger partial charge in [0, 0.05) is 12.3 Å². The van der Waals surface area contributed by atoms with E-state index in [2.05, 4.69) is 33.8 Å². The van der Waals surface area contributed by atoms with E-state index in [1.54, 1.807) is 0 Å². The summed E-state index contributed by atoms with van der Waals surface area (Å²) >= 11 is 0. The van der Waals surface area contributed by atoms with Gasteiger partial charge in [-0.1, -0.05) is 39.3 Å². The Morgan fingerprint density at radius 1 is 0.629 bits per heavy atom. The van der Waals surface area contributed by atoms with Crippen molar-refractivity contribution >= 4 is 0 Å². The van der Waals surface area contributed by atoms with Crippen LogP contribution >= 0.6 is 0 Å². The Kier molecular flexibility index (Phi) is 15.0. The summed E-state index contributed by atoms with van der Waals surface area (Å²) in [7, 11) is 0. The quantitative estimate of drug-likeness (QED) is 0.109. The largest absolute Gasteiger partial charge is 0.394 e. The first-order chi connectivity index (χ1) is 33.3. The van der Waals surface area contributed by atoms with Gasteiger partial charge in [0.1, 0.15) is 85.5 Å². The molecular weight excluding hydrogens is 925 g/mol. The van der Waals surface area contributed by atoms with Crippen LogP contribution in [0.15, 0.2) is 11.6 Å². The Morgan fingerprint density at radius 2 is 1.30 bits per heavy atom. The van der Waals surface area contributed by atoms with Crippen molar-refractivity contribution in [2.45, 2.75) is 214 Å². The van der Waals surface area contributed by atoms with Crippen molar-refractivity contribution in [1.29, 1.82) is 0 Å². The molecule has 11 N–H and O–H groups in total. The number of aliphatic hydroxyl groups excluding tert-OH is 11. The molecular formula is C49H78O21. The molecule has 400 valence electrons. The van der Waals surface area contributed by atoms with E-state index in [1.807, 2.05) is 0 Å². The zero-order valence-electron chi connectivity index (χ0n) is 40.5. The third-order valence-corrected chi connectivity index (χ3v) is 19.1. The number of fused-ring (bicyclic) bond motifs is 7. The normalized spacial score (nSPS) is 56.9. The Hall–Kier alpha value is -1.10. The molecule has 6 saturated heterocycles. The van der Waals surface area contributed by atoms with E-state index in [0.717, 1.165) is 51.6 Å². The SMILES string of the molecule is C[C@H]1CC[C@@]2(OC1)O[C@H]1C[C@H]3[C@@H]4CC=C5C[C@@H](O[C@@H]6OC[C@H](O[C@@H]7O[C@H](CO)[C@@H](O)[C@H](O[C@@H]8OC[C@@H](O)[C@H](O)[C@H]8O)[C@H]7O[C@@H]7O[C@H](CO)[C@@H](O)[C@H](O)[C@H]7O)[C@H](O)[C@H]6O)CC[C@]5(C)[C@H]4CC[C@]3(C)[C@H]1[C@@H]2C. The molecule has 0 unspecified atom stereocenters.